The van der Waals surface area contributed by atoms with Crippen LogP contribution in [0.3, 0.4) is 0 Å². The van der Waals surface area contributed by atoms with Crippen molar-refractivity contribution in [3.05, 3.63) is 45.4 Å². The third-order valence-electron chi connectivity index (χ3n) is 3.26. The molecule has 1 aromatic heterocycles. The summed E-state index contributed by atoms with van der Waals surface area (Å²) in [6.45, 7) is -0.157. The highest BCUT2D eigenvalue weighted by molar-refractivity contribution is 6.37. The minimum Gasteiger partial charge on any atom is -0.390 e. The Morgan fingerprint density at radius 3 is 2.47 bits per heavy atom. The standard InChI is InChI=1S/C13H11Cl2FN2O/c14-10-3-8(16)4-11(15)13(10)18-12(6-19)9(5-17-18)7-1-2-7/h3-5,7,19H,1-2,6H2. The number of rotatable bonds is 3. The number of aliphatic hydroxyl groups is 1. The highest BCUT2D eigenvalue weighted by atomic mass is 35.5. The van der Waals surface area contributed by atoms with Crippen LogP contribution in [0.15, 0.2) is 18.3 Å². The molecular formula is C13H11Cl2FN2O. The molecule has 0 saturated heterocycles. The van der Waals surface area contributed by atoms with Crippen LogP contribution in [-0.2, 0) is 6.61 Å². The van der Waals surface area contributed by atoms with Crippen LogP contribution in [0.1, 0.15) is 30.0 Å². The van der Waals surface area contributed by atoms with Gasteiger partial charge in [0.25, 0.3) is 0 Å². The van der Waals surface area contributed by atoms with Crippen LogP contribution in [-0.4, -0.2) is 14.9 Å². The fourth-order valence-corrected chi connectivity index (χ4v) is 2.83. The van der Waals surface area contributed by atoms with E-state index in [1.807, 2.05) is 0 Å². The van der Waals surface area contributed by atoms with Crippen LogP contribution in [0.4, 0.5) is 4.39 Å². The van der Waals surface area contributed by atoms with E-state index >= 15 is 0 Å². The molecule has 0 aliphatic heterocycles. The molecule has 2 aromatic rings. The molecule has 1 aliphatic carbocycles. The van der Waals surface area contributed by atoms with Gasteiger partial charge in [-0.05, 0) is 36.5 Å². The Kier molecular flexibility index (Phi) is 3.25. The van der Waals surface area contributed by atoms with Crippen molar-refractivity contribution < 1.29 is 9.50 Å². The van der Waals surface area contributed by atoms with E-state index < -0.39 is 5.82 Å². The summed E-state index contributed by atoms with van der Waals surface area (Å²) >= 11 is 12.1. The Morgan fingerprint density at radius 2 is 1.95 bits per heavy atom. The van der Waals surface area contributed by atoms with Crippen molar-refractivity contribution in [1.82, 2.24) is 9.78 Å². The molecule has 3 rings (SSSR count). The van der Waals surface area contributed by atoms with Gasteiger partial charge in [0.15, 0.2) is 0 Å². The molecule has 6 heteroatoms. The van der Waals surface area contributed by atoms with E-state index in [1.54, 1.807) is 6.20 Å². The molecule has 1 aliphatic rings. The third kappa shape index (κ3) is 2.24. The first-order chi connectivity index (χ1) is 9.11. The fourth-order valence-electron chi connectivity index (χ4n) is 2.21. The van der Waals surface area contributed by atoms with Gasteiger partial charge in [0.2, 0.25) is 0 Å². The van der Waals surface area contributed by atoms with E-state index in [0.29, 0.717) is 17.3 Å². The van der Waals surface area contributed by atoms with Crippen LogP contribution in [0, 0.1) is 5.82 Å². The molecule has 100 valence electrons. The molecule has 1 N–H and O–H groups in total. The maximum Gasteiger partial charge on any atom is 0.126 e. The smallest absolute Gasteiger partial charge is 0.126 e. The highest BCUT2D eigenvalue weighted by Crippen LogP contribution is 2.42. The lowest BCUT2D eigenvalue weighted by molar-refractivity contribution is 0.272. The van der Waals surface area contributed by atoms with Crippen molar-refractivity contribution in [1.29, 1.82) is 0 Å². The quantitative estimate of drug-likeness (QED) is 0.939. The van der Waals surface area contributed by atoms with E-state index in [0.717, 1.165) is 18.4 Å². The van der Waals surface area contributed by atoms with E-state index in [4.69, 9.17) is 23.2 Å². The van der Waals surface area contributed by atoms with E-state index in [-0.39, 0.29) is 16.7 Å². The van der Waals surface area contributed by atoms with Gasteiger partial charge in [-0.2, -0.15) is 5.10 Å². The largest absolute Gasteiger partial charge is 0.390 e. The summed E-state index contributed by atoms with van der Waals surface area (Å²) in [6.07, 6.45) is 3.92. The Hall–Kier alpha value is -1.10. The van der Waals surface area contributed by atoms with Crippen LogP contribution in [0.2, 0.25) is 10.0 Å². The van der Waals surface area contributed by atoms with Gasteiger partial charge in [0.05, 0.1) is 28.5 Å². The molecule has 0 amide bonds. The van der Waals surface area contributed by atoms with Gasteiger partial charge in [-0.1, -0.05) is 23.2 Å². The van der Waals surface area contributed by atoms with Crippen LogP contribution < -0.4 is 0 Å². The molecule has 1 fully saturated rings. The van der Waals surface area contributed by atoms with E-state index in [2.05, 4.69) is 5.10 Å². The molecule has 0 radical (unpaired) electrons. The maximum absolute atomic E-state index is 13.2. The second-order valence-electron chi connectivity index (χ2n) is 4.61. The molecular weight excluding hydrogens is 290 g/mol. The van der Waals surface area contributed by atoms with Gasteiger partial charge in [0, 0.05) is 0 Å². The zero-order valence-electron chi connectivity index (χ0n) is 9.91. The zero-order valence-corrected chi connectivity index (χ0v) is 11.4. The fraction of sp³-hybridized carbons (Fsp3) is 0.308. The van der Waals surface area contributed by atoms with Crippen molar-refractivity contribution >= 4 is 23.2 Å². The Morgan fingerprint density at radius 1 is 1.32 bits per heavy atom. The van der Waals surface area contributed by atoms with Crippen molar-refractivity contribution in [3.63, 3.8) is 0 Å². The summed E-state index contributed by atoms with van der Waals surface area (Å²) in [5.74, 6) is -0.0484. The predicted octanol–water partition coefficient (Wildman–Crippen LogP) is 3.69. The monoisotopic (exact) mass is 300 g/mol. The Balaban J connectivity index is 2.17. The van der Waals surface area contributed by atoms with Gasteiger partial charge in [-0.15, -0.1) is 0 Å². The van der Waals surface area contributed by atoms with Crippen LogP contribution >= 0.6 is 23.2 Å². The molecule has 0 unspecified atom stereocenters. The first kappa shape index (κ1) is 12.9. The SMILES string of the molecule is OCc1c(C2CC2)cnn1-c1c(Cl)cc(F)cc1Cl. The van der Waals surface area contributed by atoms with E-state index in [1.165, 1.54) is 16.8 Å². The number of nitrogens with zero attached hydrogens (tertiary/aromatic N) is 2. The Labute approximate surface area is 119 Å². The molecule has 19 heavy (non-hydrogen) atoms. The van der Waals surface area contributed by atoms with Crippen molar-refractivity contribution in [2.45, 2.75) is 25.4 Å². The number of benzene rings is 1. The topological polar surface area (TPSA) is 38.1 Å². The predicted molar refractivity (Wildman–Crippen MR) is 71.4 cm³/mol. The Bertz CT molecular complexity index is 615. The summed E-state index contributed by atoms with van der Waals surface area (Å²) in [5.41, 5.74) is 2.08. The molecule has 1 heterocycles. The van der Waals surface area contributed by atoms with Crippen molar-refractivity contribution in [2.75, 3.05) is 0 Å². The summed E-state index contributed by atoms with van der Waals surface area (Å²) in [7, 11) is 0. The molecule has 3 nitrogen and oxygen atoms in total. The van der Waals surface area contributed by atoms with Crippen LogP contribution in [0.25, 0.3) is 5.69 Å². The number of aliphatic hydroxyl groups excluding tert-OH is 1. The lowest BCUT2D eigenvalue weighted by atomic mass is 10.1. The van der Waals surface area contributed by atoms with Crippen molar-refractivity contribution in [3.8, 4) is 5.69 Å². The average molecular weight is 301 g/mol. The van der Waals surface area contributed by atoms with E-state index in [9.17, 15) is 9.50 Å². The normalized spacial score (nSPS) is 14.9. The van der Waals surface area contributed by atoms with Gasteiger partial charge in [-0.25, -0.2) is 9.07 Å². The van der Waals surface area contributed by atoms with Gasteiger partial charge < -0.3 is 5.11 Å². The second kappa shape index (κ2) is 4.78. The van der Waals surface area contributed by atoms with Crippen LogP contribution in [0.5, 0.6) is 0 Å². The number of hydrogen-bond acceptors (Lipinski definition) is 2. The third-order valence-corrected chi connectivity index (χ3v) is 3.84. The molecule has 0 spiro atoms. The summed E-state index contributed by atoms with van der Waals surface area (Å²) in [5, 5.41) is 14.1. The molecule has 0 bridgehead atoms. The lowest BCUT2D eigenvalue weighted by Crippen LogP contribution is -2.05. The minimum atomic E-state index is -0.501. The second-order valence-corrected chi connectivity index (χ2v) is 5.42. The first-order valence-electron chi connectivity index (χ1n) is 5.94. The summed E-state index contributed by atoms with van der Waals surface area (Å²) in [4.78, 5) is 0. The lowest BCUT2D eigenvalue weighted by Gasteiger charge is -2.11. The number of halogens is 3. The van der Waals surface area contributed by atoms with Gasteiger partial charge in [-0.3, -0.25) is 0 Å². The first-order valence-corrected chi connectivity index (χ1v) is 6.70. The molecule has 1 aromatic carbocycles. The summed E-state index contributed by atoms with van der Waals surface area (Å²) < 4.78 is 14.7. The zero-order chi connectivity index (χ0) is 13.6. The van der Waals surface area contributed by atoms with Crippen molar-refractivity contribution in [2.24, 2.45) is 0 Å². The van der Waals surface area contributed by atoms with Gasteiger partial charge in [0.1, 0.15) is 11.5 Å². The maximum atomic E-state index is 13.2. The highest BCUT2D eigenvalue weighted by Gasteiger charge is 2.29. The average Bonchev–Trinajstić information content (AvgIpc) is 3.09. The molecule has 1 saturated carbocycles. The number of hydrogen-bond donors (Lipinski definition) is 1. The number of aromatic nitrogens is 2. The minimum absolute atomic E-state index is 0.157. The van der Waals surface area contributed by atoms with Gasteiger partial charge >= 0.3 is 0 Å². The summed E-state index contributed by atoms with van der Waals surface area (Å²) in [6, 6.07) is 2.37. The molecule has 0 atom stereocenters.